The number of nitrogens with two attached hydrogens (primary N) is 1. The van der Waals surface area contributed by atoms with Gasteiger partial charge in [0.1, 0.15) is 24.5 Å². The molecule has 18 heavy (non-hydrogen) atoms. The molecule has 0 aliphatic carbocycles. The zero-order chi connectivity index (χ0) is 12.8. The molecule has 0 saturated heterocycles. The summed E-state index contributed by atoms with van der Waals surface area (Å²) in [4.78, 5) is 7.98. The van der Waals surface area contributed by atoms with Gasteiger partial charge < -0.3 is 15.8 Å². The molecule has 0 radical (unpaired) electrons. The highest BCUT2D eigenvalue weighted by Crippen LogP contribution is 2.20. The van der Waals surface area contributed by atoms with Gasteiger partial charge in [-0.3, -0.25) is 0 Å². The lowest BCUT2D eigenvalue weighted by Crippen LogP contribution is -2.13. The van der Waals surface area contributed by atoms with Crippen LogP contribution in [0.15, 0.2) is 41.3 Å². The largest absolute Gasteiger partial charge is 0.490 e. The lowest BCUT2D eigenvalue weighted by Gasteiger charge is -2.10. The fraction of sp³-hybridized carbons (Fsp3) is 0.167. The summed E-state index contributed by atoms with van der Waals surface area (Å²) >= 11 is 3.36. The Bertz CT molecular complexity index is 473. The van der Waals surface area contributed by atoms with E-state index in [2.05, 4.69) is 31.2 Å². The molecule has 1 heterocycles. The molecule has 0 aliphatic rings. The van der Waals surface area contributed by atoms with Crippen LogP contribution in [0.3, 0.4) is 0 Å². The average molecular weight is 309 g/mol. The normalized spacial score (nSPS) is 10.1. The van der Waals surface area contributed by atoms with E-state index in [1.807, 2.05) is 24.3 Å². The molecule has 0 spiro atoms. The van der Waals surface area contributed by atoms with Crippen molar-refractivity contribution in [3.05, 3.63) is 41.3 Å². The van der Waals surface area contributed by atoms with E-state index in [-0.39, 0.29) is 0 Å². The van der Waals surface area contributed by atoms with Crippen LogP contribution in [0.4, 0.5) is 11.5 Å². The predicted octanol–water partition coefficient (Wildman–Crippen LogP) is 2.31. The first-order chi connectivity index (χ1) is 8.77. The van der Waals surface area contributed by atoms with Crippen LogP contribution in [0.5, 0.6) is 5.75 Å². The number of ether oxygens (including phenoxy) is 1. The molecule has 1 aromatic heterocycles. The van der Waals surface area contributed by atoms with Crippen molar-refractivity contribution in [2.24, 2.45) is 0 Å². The van der Waals surface area contributed by atoms with Crippen LogP contribution in [0.25, 0.3) is 0 Å². The van der Waals surface area contributed by atoms with Gasteiger partial charge in [0.2, 0.25) is 0 Å². The molecular formula is C12H13BrN4O. The summed E-state index contributed by atoms with van der Waals surface area (Å²) in [6.07, 6.45) is 3.18. The highest BCUT2D eigenvalue weighted by atomic mass is 79.9. The second-order valence-corrected chi connectivity index (χ2v) is 4.39. The van der Waals surface area contributed by atoms with E-state index >= 15 is 0 Å². The molecular weight excluding hydrogens is 296 g/mol. The molecule has 6 heteroatoms. The third kappa shape index (κ3) is 3.33. The minimum atomic E-state index is 0.505. The molecule has 2 rings (SSSR count). The Labute approximate surface area is 114 Å². The summed E-state index contributed by atoms with van der Waals surface area (Å²) in [5.41, 5.74) is 6.40. The molecule has 0 bridgehead atoms. The number of anilines is 2. The van der Waals surface area contributed by atoms with Gasteiger partial charge in [0.05, 0.1) is 16.7 Å². The Kier molecular flexibility index (Phi) is 4.35. The van der Waals surface area contributed by atoms with Crippen molar-refractivity contribution in [1.29, 1.82) is 0 Å². The van der Waals surface area contributed by atoms with E-state index in [0.29, 0.717) is 24.6 Å². The summed E-state index contributed by atoms with van der Waals surface area (Å²) in [7, 11) is 0. The first-order valence-electron chi connectivity index (χ1n) is 5.44. The smallest absolute Gasteiger partial charge is 0.143 e. The monoisotopic (exact) mass is 308 g/mol. The minimum absolute atomic E-state index is 0.505. The van der Waals surface area contributed by atoms with Crippen LogP contribution >= 0.6 is 15.9 Å². The number of hydrogen-bond acceptors (Lipinski definition) is 5. The second kappa shape index (κ2) is 6.20. The van der Waals surface area contributed by atoms with Gasteiger partial charge in [-0.2, -0.15) is 0 Å². The number of nitrogens with zero attached hydrogens (tertiary/aromatic N) is 2. The minimum Gasteiger partial charge on any atom is -0.490 e. The molecule has 0 atom stereocenters. The molecule has 0 fully saturated rings. The SMILES string of the molecule is Nc1ccccc1OCCNc1ncncc1Br. The van der Waals surface area contributed by atoms with Crippen LogP contribution < -0.4 is 15.8 Å². The molecule has 2 aromatic rings. The molecule has 3 N–H and O–H groups in total. The van der Waals surface area contributed by atoms with Crippen LogP contribution in [-0.4, -0.2) is 23.1 Å². The third-order valence-electron chi connectivity index (χ3n) is 2.24. The fourth-order valence-electron chi connectivity index (χ4n) is 1.39. The molecule has 0 amide bonds. The highest BCUT2D eigenvalue weighted by Gasteiger charge is 2.01. The first kappa shape index (κ1) is 12.6. The number of benzene rings is 1. The van der Waals surface area contributed by atoms with Crippen LogP contribution in [0.1, 0.15) is 0 Å². The predicted molar refractivity (Wildman–Crippen MR) is 74.6 cm³/mol. The van der Waals surface area contributed by atoms with Gasteiger partial charge in [-0.05, 0) is 28.1 Å². The number of para-hydroxylation sites is 2. The summed E-state index contributed by atoms with van der Waals surface area (Å²) in [6.45, 7) is 1.13. The Morgan fingerprint density at radius 2 is 2.17 bits per heavy atom. The lowest BCUT2D eigenvalue weighted by molar-refractivity contribution is 0.334. The number of aromatic nitrogens is 2. The lowest BCUT2D eigenvalue weighted by atomic mass is 10.3. The van der Waals surface area contributed by atoms with E-state index in [4.69, 9.17) is 10.5 Å². The third-order valence-corrected chi connectivity index (χ3v) is 2.82. The van der Waals surface area contributed by atoms with Crippen molar-refractivity contribution in [2.45, 2.75) is 0 Å². The van der Waals surface area contributed by atoms with Gasteiger partial charge in [0.15, 0.2) is 0 Å². The van der Waals surface area contributed by atoms with Crippen molar-refractivity contribution in [2.75, 3.05) is 24.2 Å². The number of halogens is 1. The van der Waals surface area contributed by atoms with Gasteiger partial charge in [-0.1, -0.05) is 12.1 Å². The van der Waals surface area contributed by atoms with Crippen molar-refractivity contribution < 1.29 is 4.74 Å². The summed E-state index contributed by atoms with van der Waals surface area (Å²) in [5.74, 6) is 1.44. The molecule has 5 nitrogen and oxygen atoms in total. The maximum Gasteiger partial charge on any atom is 0.143 e. The maximum atomic E-state index is 5.76. The summed E-state index contributed by atoms with van der Waals surface area (Å²) < 4.78 is 6.38. The quantitative estimate of drug-likeness (QED) is 0.655. The second-order valence-electron chi connectivity index (χ2n) is 3.53. The Balaban J connectivity index is 1.80. The zero-order valence-electron chi connectivity index (χ0n) is 9.64. The van der Waals surface area contributed by atoms with E-state index in [0.717, 1.165) is 10.3 Å². The van der Waals surface area contributed by atoms with Crippen molar-refractivity contribution in [3.8, 4) is 5.75 Å². The van der Waals surface area contributed by atoms with Gasteiger partial charge in [0, 0.05) is 6.20 Å². The average Bonchev–Trinajstić information content (AvgIpc) is 2.38. The van der Waals surface area contributed by atoms with Crippen molar-refractivity contribution in [1.82, 2.24) is 9.97 Å². The summed E-state index contributed by atoms with van der Waals surface area (Å²) in [5, 5.41) is 3.14. The molecule has 1 aromatic carbocycles. The van der Waals surface area contributed by atoms with Gasteiger partial charge in [-0.15, -0.1) is 0 Å². The van der Waals surface area contributed by atoms with E-state index in [9.17, 15) is 0 Å². The topological polar surface area (TPSA) is 73.1 Å². The van der Waals surface area contributed by atoms with Crippen LogP contribution in [-0.2, 0) is 0 Å². The Morgan fingerprint density at radius 1 is 1.33 bits per heavy atom. The van der Waals surface area contributed by atoms with Gasteiger partial charge in [-0.25, -0.2) is 9.97 Å². The standard InChI is InChI=1S/C12H13BrN4O/c13-9-7-15-8-17-12(9)16-5-6-18-11-4-2-1-3-10(11)14/h1-4,7-8H,5-6,14H2,(H,15,16,17). The molecule has 94 valence electrons. The van der Waals surface area contributed by atoms with E-state index < -0.39 is 0 Å². The van der Waals surface area contributed by atoms with Gasteiger partial charge in [0.25, 0.3) is 0 Å². The van der Waals surface area contributed by atoms with E-state index in [1.165, 1.54) is 6.33 Å². The number of nitrogen functional groups attached to an aromatic ring is 1. The van der Waals surface area contributed by atoms with Crippen molar-refractivity contribution >= 4 is 27.4 Å². The summed E-state index contributed by atoms with van der Waals surface area (Å²) in [6, 6.07) is 7.41. The number of rotatable bonds is 5. The number of hydrogen-bond donors (Lipinski definition) is 2. The molecule has 0 aliphatic heterocycles. The highest BCUT2D eigenvalue weighted by molar-refractivity contribution is 9.10. The van der Waals surface area contributed by atoms with Gasteiger partial charge >= 0.3 is 0 Å². The Hall–Kier alpha value is -1.82. The zero-order valence-corrected chi connectivity index (χ0v) is 11.2. The van der Waals surface area contributed by atoms with Crippen LogP contribution in [0, 0.1) is 0 Å². The van der Waals surface area contributed by atoms with E-state index in [1.54, 1.807) is 6.20 Å². The van der Waals surface area contributed by atoms with Crippen LogP contribution in [0.2, 0.25) is 0 Å². The number of nitrogens with one attached hydrogen (secondary N) is 1. The maximum absolute atomic E-state index is 5.76. The van der Waals surface area contributed by atoms with Crippen molar-refractivity contribution in [3.63, 3.8) is 0 Å². The molecule has 0 saturated carbocycles. The first-order valence-corrected chi connectivity index (χ1v) is 6.23. The Morgan fingerprint density at radius 3 is 2.94 bits per heavy atom. The molecule has 0 unspecified atom stereocenters. The fourth-order valence-corrected chi connectivity index (χ4v) is 1.75.